The van der Waals surface area contributed by atoms with Crippen molar-refractivity contribution in [3.05, 3.63) is 56.8 Å². The van der Waals surface area contributed by atoms with Gasteiger partial charge in [-0.2, -0.15) is 0 Å². The van der Waals surface area contributed by atoms with Crippen molar-refractivity contribution >= 4 is 11.3 Å². The van der Waals surface area contributed by atoms with Crippen LogP contribution in [0.2, 0.25) is 0 Å². The van der Waals surface area contributed by atoms with Gasteiger partial charge in [0, 0.05) is 15.8 Å². The monoisotopic (exact) mass is 307 g/mol. The molecule has 3 rings (SSSR count). The average molecular weight is 307 g/mol. The van der Waals surface area contributed by atoms with Crippen LogP contribution < -0.4 is 5.32 Å². The number of likely N-dealkylation sites (N-methyl/N-ethyl adjacent to an activating group) is 1. The van der Waals surface area contributed by atoms with Gasteiger partial charge in [-0.15, -0.1) is 11.3 Å². The van der Waals surface area contributed by atoms with E-state index in [1.54, 1.807) is 0 Å². The Balaban J connectivity index is 1.85. The lowest BCUT2D eigenvalue weighted by Gasteiger charge is -2.17. The molecule has 1 aromatic carbocycles. The molecule has 0 aliphatic heterocycles. The number of rotatable bonds is 5. The van der Waals surface area contributed by atoms with Gasteiger partial charge in [-0.3, -0.25) is 0 Å². The topological polar surface area (TPSA) is 12.0 Å². The Morgan fingerprint density at radius 1 is 1.24 bits per heavy atom. The summed E-state index contributed by atoms with van der Waals surface area (Å²) in [6.07, 6.45) is 4.04. The molecule has 0 radical (unpaired) electrons. The summed E-state index contributed by atoms with van der Waals surface area (Å²) in [6, 6.07) is 5.99. The van der Waals surface area contributed by atoms with E-state index in [1.165, 1.54) is 39.9 Å². The normalized spacial score (nSPS) is 15.2. The van der Waals surface area contributed by atoms with Crippen molar-refractivity contribution in [1.29, 1.82) is 0 Å². The van der Waals surface area contributed by atoms with Crippen LogP contribution >= 0.6 is 11.3 Å². The van der Waals surface area contributed by atoms with Crippen LogP contribution in [-0.4, -0.2) is 6.54 Å². The highest BCUT2D eigenvalue weighted by Crippen LogP contribution is 2.35. The predicted octanol–water partition coefficient (Wildman–Crippen LogP) is 4.41. The fourth-order valence-corrected chi connectivity index (χ4v) is 4.30. The molecule has 0 spiro atoms. The molecule has 1 heterocycles. The Labute approximate surface area is 128 Å². The first-order valence-corrected chi connectivity index (χ1v) is 8.28. The van der Waals surface area contributed by atoms with Gasteiger partial charge < -0.3 is 5.32 Å². The van der Waals surface area contributed by atoms with Crippen LogP contribution in [0.4, 0.5) is 8.78 Å². The Hall–Kier alpha value is -1.26. The number of halogens is 2. The van der Waals surface area contributed by atoms with E-state index in [0.29, 0.717) is 12.0 Å². The largest absolute Gasteiger partial charge is 0.309 e. The second kappa shape index (κ2) is 6.24. The number of fused-ring (bicyclic) bond motifs is 1. The molecule has 1 aliphatic carbocycles. The molecule has 0 saturated carbocycles. The van der Waals surface area contributed by atoms with E-state index in [9.17, 15) is 8.78 Å². The lowest BCUT2D eigenvalue weighted by atomic mass is 10.0. The van der Waals surface area contributed by atoms with E-state index in [4.69, 9.17) is 0 Å². The summed E-state index contributed by atoms with van der Waals surface area (Å²) >= 11 is 1.82. The van der Waals surface area contributed by atoms with E-state index in [2.05, 4.69) is 11.4 Å². The van der Waals surface area contributed by atoms with Gasteiger partial charge in [-0.05, 0) is 67.6 Å². The van der Waals surface area contributed by atoms with Crippen LogP contribution in [0.5, 0.6) is 0 Å². The zero-order valence-corrected chi connectivity index (χ0v) is 12.9. The van der Waals surface area contributed by atoms with Crippen molar-refractivity contribution in [1.82, 2.24) is 5.32 Å². The van der Waals surface area contributed by atoms with Gasteiger partial charge in [-0.25, -0.2) is 8.78 Å². The Morgan fingerprint density at radius 3 is 2.86 bits per heavy atom. The van der Waals surface area contributed by atoms with E-state index in [0.717, 1.165) is 19.4 Å². The van der Waals surface area contributed by atoms with Gasteiger partial charge in [0.05, 0.1) is 0 Å². The first kappa shape index (κ1) is 14.7. The van der Waals surface area contributed by atoms with E-state index in [1.807, 2.05) is 18.3 Å². The summed E-state index contributed by atoms with van der Waals surface area (Å²) in [4.78, 5) is 2.71. The third-order valence-corrected chi connectivity index (χ3v) is 5.34. The molecule has 1 atom stereocenters. The maximum absolute atomic E-state index is 13.9. The van der Waals surface area contributed by atoms with Crippen molar-refractivity contribution in [2.75, 3.05) is 6.54 Å². The fourth-order valence-electron chi connectivity index (χ4n) is 2.96. The first-order chi connectivity index (χ1) is 10.2. The quantitative estimate of drug-likeness (QED) is 0.863. The van der Waals surface area contributed by atoms with Gasteiger partial charge in [0.25, 0.3) is 0 Å². The van der Waals surface area contributed by atoms with Crippen LogP contribution in [-0.2, 0) is 19.3 Å². The molecular formula is C17H19F2NS. The number of aryl methyl sites for hydroxylation is 2. The lowest BCUT2D eigenvalue weighted by Crippen LogP contribution is -2.22. The highest BCUT2D eigenvalue weighted by molar-refractivity contribution is 7.12. The Bertz CT molecular complexity index is 614. The van der Waals surface area contributed by atoms with Crippen LogP contribution in [0, 0.1) is 11.6 Å². The lowest BCUT2D eigenvalue weighted by molar-refractivity contribution is 0.527. The molecule has 0 saturated heterocycles. The average Bonchev–Trinajstić information content (AvgIpc) is 3.03. The van der Waals surface area contributed by atoms with E-state index >= 15 is 0 Å². The minimum Gasteiger partial charge on any atom is -0.309 e. The van der Waals surface area contributed by atoms with Gasteiger partial charge in [-0.1, -0.05) is 6.92 Å². The maximum Gasteiger partial charge on any atom is 0.126 e. The molecule has 1 aliphatic rings. The van der Waals surface area contributed by atoms with Crippen molar-refractivity contribution in [2.45, 2.75) is 38.6 Å². The summed E-state index contributed by atoms with van der Waals surface area (Å²) in [5.41, 5.74) is 1.88. The Kier molecular flexibility index (Phi) is 4.36. The van der Waals surface area contributed by atoms with Gasteiger partial charge in [0.2, 0.25) is 0 Å². The number of hydrogen-bond donors (Lipinski definition) is 1. The van der Waals surface area contributed by atoms with Crippen molar-refractivity contribution in [2.24, 2.45) is 0 Å². The van der Waals surface area contributed by atoms with Crippen LogP contribution in [0.15, 0.2) is 24.3 Å². The maximum atomic E-state index is 13.9. The van der Waals surface area contributed by atoms with E-state index < -0.39 is 0 Å². The first-order valence-electron chi connectivity index (χ1n) is 7.46. The van der Waals surface area contributed by atoms with Gasteiger partial charge >= 0.3 is 0 Å². The smallest absolute Gasteiger partial charge is 0.126 e. The van der Waals surface area contributed by atoms with Crippen LogP contribution in [0.3, 0.4) is 0 Å². The van der Waals surface area contributed by atoms with Crippen molar-refractivity contribution < 1.29 is 8.78 Å². The second-order valence-corrected chi connectivity index (χ2v) is 6.67. The highest BCUT2D eigenvalue weighted by atomic mass is 32.1. The minimum absolute atomic E-state index is 0.0573. The summed E-state index contributed by atoms with van der Waals surface area (Å²) in [5, 5.41) is 3.40. The molecule has 0 bridgehead atoms. The van der Waals surface area contributed by atoms with Crippen molar-refractivity contribution in [3.8, 4) is 0 Å². The fraction of sp³-hybridized carbons (Fsp3) is 0.412. The molecule has 2 aromatic rings. The van der Waals surface area contributed by atoms with Gasteiger partial charge in [0.1, 0.15) is 11.6 Å². The minimum atomic E-state index is -0.379. The molecule has 4 heteroatoms. The molecule has 0 amide bonds. The molecule has 0 fully saturated rings. The highest BCUT2D eigenvalue weighted by Gasteiger charge is 2.21. The van der Waals surface area contributed by atoms with E-state index in [-0.39, 0.29) is 17.7 Å². The van der Waals surface area contributed by atoms with Crippen LogP contribution in [0.1, 0.15) is 40.3 Å². The molecule has 1 nitrogen and oxygen atoms in total. The Morgan fingerprint density at radius 2 is 2.10 bits per heavy atom. The summed E-state index contributed by atoms with van der Waals surface area (Å²) in [6.45, 7) is 2.85. The third kappa shape index (κ3) is 3.16. The molecule has 112 valence electrons. The number of benzene rings is 1. The summed E-state index contributed by atoms with van der Waals surface area (Å²) < 4.78 is 27.2. The summed E-state index contributed by atoms with van der Waals surface area (Å²) in [5.74, 6) is -0.710. The van der Waals surface area contributed by atoms with Crippen molar-refractivity contribution in [3.63, 3.8) is 0 Å². The SMILES string of the molecule is CCNC(Cc1cc(F)ccc1F)c1cc2c(s1)CCC2. The molecule has 1 aromatic heterocycles. The second-order valence-electron chi connectivity index (χ2n) is 5.50. The molecule has 1 N–H and O–H groups in total. The molecular weight excluding hydrogens is 288 g/mol. The zero-order valence-electron chi connectivity index (χ0n) is 12.1. The number of nitrogens with one attached hydrogen (secondary N) is 1. The van der Waals surface area contributed by atoms with Crippen LogP contribution in [0.25, 0.3) is 0 Å². The zero-order chi connectivity index (χ0) is 14.8. The number of thiophene rings is 1. The molecule has 1 unspecified atom stereocenters. The number of hydrogen-bond acceptors (Lipinski definition) is 2. The van der Waals surface area contributed by atoms with Gasteiger partial charge in [0.15, 0.2) is 0 Å². The molecule has 21 heavy (non-hydrogen) atoms. The predicted molar refractivity (Wildman–Crippen MR) is 82.8 cm³/mol. The third-order valence-electron chi connectivity index (χ3n) is 3.99. The summed E-state index contributed by atoms with van der Waals surface area (Å²) in [7, 11) is 0. The standard InChI is InChI=1S/C17H19F2NS/c1-2-20-15(9-12-8-13(18)6-7-14(12)19)17-10-11-4-3-5-16(11)21-17/h6-8,10,15,20H,2-5,9H2,1H3.